The highest BCUT2D eigenvalue weighted by Gasteiger charge is 2.14. The summed E-state index contributed by atoms with van der Waals surface area (Å²) in [5.74, 6) is -1.39. The van der Waals surface area contributed by atoms with E-state index in [9.17, 15) is 19.3 Å². The summed E-state index contributed by atoms with van der Waals surface area (Å²) >= 11 is 1.47. The van der Waals surface area contributed by atoms with Crippen molar-refractivity contribution in [2.24, 2.45) is 0 Å². The summed E-state index contributed by atoms with van der Waals surface area (Å²) < 4.78 is 13.1. The minimum atomic E-state index is -0.942. The molecule has 0 bridgehead atoms. The predicted molar refractivity (Wildman–Crippen MR) is 75.0 cm³/mol. The van der Waals surface area contributed by atoms with Crippen LogP contribution in [0.4, 0.5) is 15.8 Å². The van der Waals surface area contributed by atoms with Crippen LogP contribution in [-0.4, -0.2) is 10.8 Å². The topological polar surface area (TPSA) is 72.2 Å². The van der Waals surface area contributed by atoms with Gasteiger partial charge in [-0.05, 0) is 29.7 Å². The average molecular weight is 292 g/mol. The van der Waals surface area contributed by atoms with E-state index in [-0.39, 0.29) is 5.69 Å². The number of amides is 1. The Morgan fingerprint density at radius 1 is 1.40 bits per heavy atom. The Kier molecular flexibility index (Phi) is 4.21. The van der Waals surface area contributed by atoms with Gasteiger partial charge in [-0.15, -0.1) is 11.3 Å². The molecule has 2 rings (SSSR count). The van der Waals surface area contributed by atoms with Crippen molar-refractivity contribution >= 4 is 34.7 Å². The summed E-state index contributed by atoms with van der Waals surface area (Å²) in [6.45, 7) is 0. The summed E-state index contributed by atoms with van der Waals surface area (Å²) in [5, 5.41) is 14.9. The van der Waals surface area contributed by atoms with E-state index in [2.05, 4.69) is 5.32 Å². The van der Waals surface area contributed by atoms with Crippen molar-refractivity contribution < 1.29 is 14.1 Å². The van der Waals surface area contributed by atoms with Crippen LogP contribution < -0.4 is 5.32 Å². The molecule has 0 fully saturated rings. The predicted octanol–water partition coefficient (Wildman–Crippen LogP) is 3.45. The molecule has 0 aliphatic heterocycles. The van der Waals surface area contributed by atoms with Crippen LogP contribution in [0.2, 0.25) is 0 Å². The second-order valence-electron chi connectivity index (χ2n) is 3.76. The van der Waals surface area contributed by atoms with E-state index in [1.54, 1.807) is 6.08 Å². The van der Waals surface area contributed by atoms with Gasteiger partial charge < -0.3 is 5.32 Å². The summed E-state index contributed by atoms with van der Waals surface area (Å²) in [6.07, 6.45) is 2.93. The lowest BCUT2D eigenvalue weighted by molar-refractivity contribution is -0.387. The van der Waals surface area contributed by atoms with E-state index < -0.39 is 22.3 Å². The molecular formula is C13H9FN2O3S. The highest BCUT2D eigenvalue weighted by Crippen LogP contribution is 2.21. The number of halogens is 1. The number of rotatable bonds is 4. The first kappa shape index (κ1) is 13.9. The van der Waals surface area contributed by atoms with Crippen LogP contribution in [0.3, 0.4) is 0 Å². The number of nitrogens with one attached hydrogen (secondary N) is 1. The van der Waals surface area contributed by atoms with Gasteiger partial charge in [0.1, 0.15) is 0 Å². The first-order chi connectivity index (χ1) is 9.56. The molecule has 20 heavy (non-hydrogen) atoms. The van der Waals surface area contributed by atoms with E-state index in [1.165, 1.54) is 23.5 Å². The second kappa shape index (κ2) is 6.07. The van der Waals surface area contributed by atoms with Crippen molar-refractivity contribution in [2.45, 2.75) is 0 Å². The smallest absolute Gasteiger partial charge is 0.306 e. The van der Waals surface area contributed by atoms with Crippen LogP contribution in [0, 0.1) is 15.9 Å². The van der Waals surface area contributed by atoms with Gasteiger partial charge in [0.05, 0.1) is 4.92 Å². The van der Waals surface area contributed by atoms with Gasteiger partial charge in [0.15, 0.2) is 0 Å². The maximum absolute atomic E-state index is 13.1. The molecule has 1 heterocycles. The number of hydrogen-bond donors (Lipinski definition) is 1. The Balaban J connectivity index is 2.08. The molecular weight excluding hydrogens is 283 g/mol. The molecule has 0 saturated carbocycles. The van der Waals surface area contributed by atoms with E-state index >= 15 is 0 Å². The van der Waals surface area contributed by atoms with Gasteiger partial charge in [-0.3, -0.25) is 14.9 Å². The molecule has 2 aromatic rings. The molecule has 1 amide bonds. The minimum Gasteiger partial charge on any atom is -0.322 e. The van der Waals surface area contributed by atoms with Crippen molar-refractivity contribution in [3.8, 4) is 0 Å². The Hall–Kier alpha value is -2.54. The molecule has 0 unspecified atom stereocenters. The summed E-state index contributed by atoms with van der Waals surface area (Å²) in [5.41, 5.74) is -0.510. The second-order valence-corrected chi connectivity index (χ2v) is 4.74. The molecule has 7 heteroatoms. The highest BCUT2D eigenvalue weighted by atomic mass is 32.1. The zero-order valence-electron chi connectivity index (χ0n) is 10.1. The van der Waals surface area contributed by atoms with E-state index in [1.807, 2.05) is 17.5 Å². The number of hydrogen-bond acceptors (Lipinski definition) is 4. The van der Waals surface area contributed by atoms with Gasteiger partial charge in [-0.2, -0.15) is 4.39 Å². The number of carbonyl (C=O) groups excluding carboxylic acids is 1. The van der Waals surface area contributed by atoms with Crippen LogP contribution in [0.5, 0.6) is 0 Å². The number of carbonyl (C=O) groups is 1. The molecule has 0 saturated heterocycles. The van der Waals surface area contributed by atoms with Gasteiger partial charge in [-0.1, -0.05) is 6.07 Å². The normalized spacial score (nSPS) is 10.7. The molecule has 0 radical (unpaired) electrons. The number of anilines is 1. The lowest BCUT2D eigenvalue weighted by Crippen LogP contribution is -2.08. The van der Waals surface area contributed by atoms with Crippen molar-refractivity contribution in [2.75, 3.05) is 5.32 Å². The molecule has 1 aromatic heterocycles. The summed E-state index contributed by atoms with van der Waals surface area (Å²) in [4.78, 5) is 22.3. The van der Waals surface area contributed by atoms with E-state index in [4.69, 9.17) is 0 Å². The molecule has 102 valence electrons. The van der Waals surface area contributed by atoms with Crippen LogP contribution in [-0.2, 0) is 4.79 Å². The largest absolute Gasteiger partial charge is 0.322 e. The molecule has 0 atom stereocenters. The van der Waals surface area contributed by atoms with Crippen molar-refractivity contribution in [3.05, 3.63) is 62.6 Å². The Morgan fingerprint density at radius 3 is 2.85 bits per heavy atom. The fraction of sp³-hybridized carbons (Fsp3) is 0. The molecule has 1 N–H and O–H groups in total. The van der Waals surface area contributed by atoms with Gasteiger partial charge in [0.25, 0.3) is 0 Å². The van der Waals surface area contributed by atoms with Gasteiger partial charge in [0.2, 0.25) is 11.7 Å². The van der Waals surface area contributed by atoms with E-state index in [0.29, 0.717) is 0 Å². The third-order valence-corrected chi connectivity index (χ3v) is 3.19. The highest BCUT2D eigenvalue weighted by molar-refractivity contribution is 7.10. The third-order valence-electron chi connectivity index (χ3n) is 2.35. The fourth-order valence-corrected chi connectivity index (χ4v) is 2.08. The number of nitrogens with zero attached hydrogens (tertiary/aromatic N) is 1. The number of benzene rings is 1. The van der Waals surface area contributed by atoms with Gasteiger partial charge in [-0.25, -0.2) is 0 Å². The van der Waals surface area contributed by atoms with Gasteiger partial charge >= 0.3 is 5.69 Å². The first-order valence-corrected chi connectivity index (χ1v) is 6.41. The van der Waals surface area contributed by atoms with E-state index in [0.717, 1.165) is 17.0 Å². The minimum absolute atomic E-state index is 0.166. The number of nitro benzene ring substituents is 1. The fourth-order valence-electron chi connectivity index (χ4n) is 1.46. The lowest BCUT2D eigenvalue weighted by atomic mass is 10.2. The van der Waals surface area contributed by atoms with Crippen molar-refractivity contribution in [1.29, 1.82) is 0 Å². The molecule has 0 aliphatic carbocycles. The lowest BCUT2D eigenvalue weighted by Gasteiger charge is -2.02. The zero-order valence-corrected chi connectivity index (χ0v) is 10.9. The molecule has 0 spiro atoms. The van der Waals surface area contributed by atoms with Crippen LogP contribution in [0.1, 0.15) is 4.88 Å². The Labute approximate surface area is 117 Å². The third kappa shape index (κ3) is 3.48. The zero-order chi connectivity index (χ0) is 14.5. The molecule has 5 nitrogen and oxygen atoms in total. The number of thiophene rings is 1. The molecule has 1 aromatic carbocycles. The quantitative estimate of drug-likeness (QED) is 0.533. The maximum Gasteiger partial charge on any atom is 0.306 e. The standard InChI is InChI=1S/C13H9FN2O3S/c14-11-5-3-9(8-12(11)16(18)19)15-13(17)6-4-10-2-1-7-20-10/h1-8H,(H,15,17). The first-order valence-electron chi connectivity index (χ1n) is 5.53. The van der Waals surface area contributed by atoms with Crippen LogP contribution in [0.25, 0.3) is 6.08 Å². The summed E-state index contributed by atoms with van der Waals surface area (Å²) in [6, 6.07) is 6.88. The van der Waals surface area contributed by atoms with Crippen molar-refractivity contribution in [1.82, 2.24) is 0 Å². The van der Waals surface area contributed by atoms with Crippen LogP contribution in [0.15, 0.2) is 41.8 Å². The Morgan fingerprint density at radius 2 is 2.20 bits per heavy atom. The summed E-state index contributed by atoms with van der Waals surface area (Å²) in [7, 11) is 0. The Bertz CT molecular complexity index is 668. The molecule has 0 aliphatic rings. The number of nitro groups is 1. The average Bonchev–Trinajstić information content (AvgIpc) is 2.91. The van der Waals surface area contributed by atoms with Gasteiger partial charge in [0, 0.05) is 22.7 Å². The SMILES string of the molecule is O=C(C=Cc1cccs1)Nc1ccc(F)c([N+](=O)[O-])c1. The van der Waals surface area contributed by atoms with Crippen LogP contribution >= 0.6 is 11.3 Å². The van der Waals surface area contributed by atoms with Crippen molar-refractivity contribution in [3.63, 3.8) is 0 Å². The maximum atomic E-state index is 13.1. The monoisotopic (exact) mass is 292 g/mol.